The number of carbonyl (C=O) groups excluding carboxylic acids is 1. The quantitative estimate of drug-likeness (QED) is 0.667. The van der Waals surface area contributed by atoms with E-state index in [1.54, 1.807) is 0 Å². The third-order valence-corrected chi connectivity index (χ3v) is 4.73. The number of likely N-dealkylation sites (tertiary alicyclic amines) is 1. The highest BCUT2D eigenvalue weighted by molar-refractivity contribution is 7.90. The van der Waals surface area contributed by atoms with Crippen molar-refractivity contribution in [3.63, 3.8) is 0 Å². The highest BCUT2D eigenvalue weighted by Crippen LogP contribution is 2.17. The van der Waals surface area contributed by atoms with Crippen LogP contribution in [0.1, 0.15) is 26.7 Å². The minimum atomic E-state index is -3.07. The number of nitrogens with zero attached hydrogens (tertiary/aromatic N) is 1. The molecule has 1 saturated heterocycles. The van der Waals surface area contributed by atoms with Crippen molar-refractivity contribution in [3.8, 4) is 0 Å². The molecular formula is C13H27N3O3S. The molecule has 0 saturated carbocycles. The van der Waals surface area contributed by atoms with Gasteiger partial charge in [-0.2, -0.15) is 0 Å². The van der Waals surface area contributed by atoms with Crippen molar-refractivity contribution in [1.29, 1.82) is 0 Å². The maximum atomic E-state index is 11.8. The number of nitrogens with one attached hydrogen (secondary N) is 1. The maximum Gasteiger partial charge on any atom is 0.236 e. The normalized spacial score (nSPS) is 22.1. The molecule has 0 aromatic carbocycles. The molecule has 1 heterocycles. The van der Waals surface area contributed by atoms with Gasteiger partial charge in [0.1, 0.15) is 9.84 Å². The fourth-order valence-corrected chi connectivity index (χ4v) is 3.03. The average Bonchev–Trinajstić information content (AvgIpc) is 2.81. The first-order chi connectivity index (χ1) is 9.19. The van der Waals surface area contributed by atoms with E-state index >= 15 is 0 Å². The van der Waals surface area contributed by atoms with Crippen LogP contribution in [0.4, 0.5) is 0 Å². The molecule has 0 aromatic rings. The molecule has 1 rings (SSSR count). The molecule has 1 amide bonds. The lowest BCUT2D eigenvalue weighted by atomic mass is 10.1. The Morgan fingerprint density at radius 3 is 2.60 bits per heavy atom. The number of rotatable bonds is 7. The van der Waals surface area contributed by atoms with E-state index in [1.165, 1.54) is 0 Å². The zero-order valence-electron chi connectivity index (χ0n) is 12.6. The minimum Gasteiger partial charge on any atom is -0.354 e. The molecule has 3 N–H and O–H groups in total. The summed E-state index contributed by atoms with van der Waals surface area (Å²) in [5.74, 6) is 0.159. The molecule has 1 aliphatic heterocycles. The smallest absolute Gasteiger partial charge is 0.236 e. The second-order valence-corrected chi connectivity index (χ2v) is 8.27. The highest BCUT2D eigenvalue weighted by atomic mass is 32.2. The molecule has 0 aromatic heterocycles. The molecule has 1 fully saturated rings. The first kappa shape index (κ1) is 17.4. The van der Waals surface area contributed by atoms with Crippen molar-refractivity contribution in [3.05, 3.63) is 0 Å². The SMILES string of the molecule is CC(C)N1CCC(CNC(=O)C(N)CCS(C)(=O)=O)C1. The van der Waals surface area contributed by atoms with Crippen molar-refractivity contribution in [2.24, 2.45) is 11.7 Å². The van der Waals surface area contributed by atoms with E-state index in [2.05, 4.69) is 24.1 Å². The summed E-state index contributed by atoms with van der Waals surface area (Å²) in [7, 11) is -3.07. The summed E-state index contributed by atoms with van der Waals surface area (Å²) in [6, 6.07) is -0.208. The van der Waals surface area contributed by atoms with E-state index in [9.17, 15) is 13.2 Å². The third kappa shape index (κ3) is 6.19. The van der Waals surface area contributed by atoms with Crippen LogP contribution in [-0.4, -0.2) is 63.0 Å². The standard InChI is InChI=1S/C13H27N3O3S/c1-10(2)16-6-4-11(9-16)8-15-13(17)12(14)5-7-20(3,18)19/h10-12H,4-9,14H2,1-3H3,(H,15,17). The van der Waals surface area contributed by atoms with Crippen molar-refractivity contribution in [2.75, 3.05) is 31.6 Å². The summed E-state index contributed by atoms with van der Waals surface area (Å²) >= 11 is 0. The molecule has 2 atom stereocenters. The largest absolute Gasteiger partial charge is 0.354 e. The Kier molecular flexibility index (Phi) is 6.42. The monoisotopic (exact) mass is 305 g/mol. The molecule has 7 heteroatoms. The molecule has 0 radical (unpaired) electrons. The number of sulfone groups is 1. The Labute approximate surface area is 122 Å². The van der Waals surface area contributed by atoms with Gasteiger partial charge < -0.3 is 16.0 Å². The van der Waals surface area contributed by atoms with Crippen molar-refractivity contribution >= 4 is 15.7 Å². The molecule has 2 unspecified atom stereocenters. The van der Waals surface area contributed by atoms with Crippen molar-refractivity contribution < 1.29 is 13.2 Å². The Hall–Kier alpha value is -0.660. The zero-order chi connectivity index (χ0) is 15.3. The lowest BCUT2D eigenvalue weighted by Gasteiger charge is -2.20. The van der Waals surface area contributed by atoms with Crippen molar-refractivity contribution in [2.45, 2.75) is 38.8 Å². The molecule has 0 spiro atoms. The molecule has 20 heavy (non-hydrogen) atoms. The van der Waals surface area contributed by atoms with Crippen LogP contribution in [-0.2, 0) is 14.6 Å². The number of amides is 1. The van der Waals surface area contributed by atoms with Crippen molar-refractivity contribution in [1.82, 2.24) is 10.2 Å². The molecule has 0 bridgehead atoms. The van der Waals surface area contributed by atoms with E-state index in [1.807, 2.05) is 0 Å². The average molecular weight is 305 g/mol. The molecule has 0 aliphatic carbocycles. The summed E-state index contributed by atoms with van der Waals surface area (Å²) < 4.78 is 22.1. The van der Waals surface area contributed by atoms with Gasteiger partial charge in [0.15, 0.2) is 0 Å². The highest BCUT2D eigenvalue weighted by Gasteiger charge is 2.25. The van der Waals surface area contributed by atoms with E-state index in [0.717, 1.165) is 25.8 Å². The van der Waals surface area contributed by atoms with Gasteiger partial charge in [-0.1, -0.05) is 0 Å². The Morgan fingerprint density at radius 1 is 1.45 bits per heavy atom. The van der Waals surface area contributed by atoms with Gasteiger partial charge >= 0.3 is 0 Å². The van der Waals surface area contributed by atoms with Gasteiger partial charge in [-0.25, -0.2) is 8.42 Å². The van der Waals surface area contributed by atoms with Gasteiger partial charge in [0.2, 0.25) is 5.91 Å². The van der Waals surface area contributed by atoms with Gasteiger partial charge in [0.25, 0.3) is 0 Å². The molecule has 118 valence electrons. The van der Waals surface area contributed by atoms with Crippen LogP contribution < -0.4 is 11.1 Å². The first-order valence-electron chi connectivity index (χ1n) is 7.14. The summed E-state index contributed by atoms with van der Waals surface area (Å²) in [4.78, 5) is 14.2. The summed E-state index contributed by atoms with van der Waals surface area (Å²) in [6.07, 6.45) is 2.40. The fraction of sp³-hybridized carbons (Fsp3) is 0.923. The molecule has 1 aliphatic rings. The predicted octanol–water partition coefficient (Wildman–Crippen LogP) is -0.405. The first-order valence-corrected chi connectivity index (χ1v) is 9.20. The van der Waals surface area contributed by atoms with Crippen LogP contribution in [0.2, 0.25) is 0 Å². The minimum absolute atomic E-state index is 0.0495. The molecular weight excluding hydrogens is 278 g/mol. The van der Waals surface area contributed by atoms with Gasteiger partial charge in [-0.05, 0) is 39.2 Å². The van der Waals surface area contributed by atoms with Crippen LogP contribution in [0.25, 0.3) is 0 Å². The second-order valence-electron chi connectivity index (χ2n) is 6.01. The van der Waals surface area contributed by atoms with E-state index in [-0.39, 0.29) is 18.1 Å². The summed E-state index contributed by atoms with van der Waals surface area (Å²) in [5, 5.41) is 2.83. The van der Waals surface area contributed by atoms with Gasteiger partial charge in [-0.3, -0.25) is 4.79 Å². The number of carbonyl (C=O) groups is 1. The third-order valence-electron chi connectivity index (χ3n) is 3.75. The number of nitrogens with two attached hydrogens (primary N) is 1. The molecule has 6 nitrogen and oxygen atoms in total. The van der Waals surface area contributed by atoms with Gasteiger partial charge in [-0.15, -0.1) is 0 Å². The van der Waals surface area contributed by atoms with E-state index in [0.29, 0.717) is 18.5 Å². The van der Waals surface area contributed by atoms with Crippen LogP contribution >= 0.6 is 0 Å². The van der Waals surface area contributed by atoms with E-state index in [4.69, 9.17) is 5.73 Å². The van der Waals surface area contributed by atoms with Gasteiger partial charge in [0, 0.05) is 25.4 Å². The Balaban J connectivity index is 2.26. The summed E-state index contributed by atoms with van der Waals surface area (Å²) in [5.41, 5.74) is 5.70. The lowest BCUT2D eigenvalue weighted by molar-refractivity contribution is -0.122. The second kappa shape index (κ2) is 7.38. The van der Waals surface area contributed by atoms with Crippen LogP contribution in [0.5, 0.6) is 0 Å². The maximum absolute atomic E-state index is 11.8. The predicted molar refractivity (Wildman–Crippen MR) is 80.1 cm³/mol. The van der Waals surface area contributed by atoms with Crippen LogP contribution in [0, 0.1) is 5.92 Å². The zero-order valence-corrected chi connectivity index (χ0v) is 13.4. The van der Waals surface area contributed by atoms with Crippen LogP contribution in [0.3, 0.4) is 0 Å². The summed E-state index contributed by atoms with van der Waals surface area (Å²) in [6.45, 7) is 7.02. The van der Waals surface area contributed by atoms with Gasteiger partial charge in [0.05, 0.1) is 11.8 Å². The topological polar surface area (TPSA) is 92.5 Å². The van der Waals surface area contributed by atoms with Crippen LogP contribution in [0.15, 0.2) is 0 Å². The number of hydrogen-bond donors (Lipinski definition) is 2. The van der Waals surface area contributed by atoms with E-state index < -0.39 is 15.9 Å². The lowest BCUT2D eigenvalue weighted by Crippen LogP contribution is -2.43. The number of hydrogen-bond acceptors (Lipinski definition) is 5. The Bertz CT molecular complexity index is 423. The Morgan fingerprint density at radius 2 is 2.10 bits per heavy atom. The fourth-order valence-electron chi connectivity index (χ4n) is 2.35.